The molecule has 0 bridgehead atoms. The number of carbonyl (C=O) groups is 1. The van der Waals surface area contributed by atoms with Crippen LogP contribution in [0.25, 0.3) is 0 Å². The normalized spacial score (nSPS) is 14.8. The molecule has 1 heterocycles. The SMILES string of the molecule is CCCC/C=C/CCCCCCCCCCCC(=O)N1CCCC1. The minimum absolute atomic E-state index is 0.399. The molecule has 0 unspecified atom stereocenters. The summed E-state index contributed by atoms with van der Waals surface area (Å²) in [6.07, 6.45) is 25.0. The highest BCUT2D eigenvalue weighted by Crippen LogP contribution is 2.14. The van der Waals surface area contributed by atoms with Crippen LogP contribution in [0.5, 0.6) is 0 Å². The van der Waals surface area contributed by atoms with Crippen LogP contribution in [0.3, 0.4) is 0 Å². The summed E-state index contributed by atoms with van der Waals surface area (Å²) < 4.78 is 0. The Balaban J connectivity index is 1.74. The van der Waals surface area contributed by atoms with E-state index in [4.69, 9.17) is 0 Å². The van der Waals surface area contributed by atoms with Crippen molar-refractivity contribution in [2.24, 2.45) is 0 Å². The summed E-state index contributed by atoms with van der Waals surface area (Å²) in [5.74, 6) is 0.399. The zero-order valence-electron chi connectivity index (χ0n) is 16.2. The molecule has 0 saturated carbocycles. The van der Waals surface area contributed by atoms with E-state index < -0.39 is 0 Å². The monoisotopic (exact) mass is 335 g/mol. The van der Waals surface area contributed by atoms with Gasteiger partial charge in [-0.15, -0.1) is 0 Å². The predicted octanol–water partition coefficient (Wildman–Crippen LogP) is 6.65. The maximum absolute atomic E-state index is 11.9. The molecule has 0 aromatic rings. The summed E-state index contributed by atoms with van der Waals surface area (Å²) in [7, 11) is 0. The first-order chi connectivity index (χ1) is 11.8. The molecule has 1 aliphatic heterocycles. The minimum atomic E-state index is 0.399. The van der Waals surface area contributed by atoms with Crippen molar-refractivity contribution in [1.29, 1.82) is 0 Å². The van der Waals surface area contributed by atoms with Crippen LogP contribution in [0.4, 0.5) is 0 Å². The molecule has 1 amide bonds. The first-order valence-corrected chi connectivity index (χ1v) is 10.8. The number of allylic oxidation sites excluding steroid dienone is 2. The van der Waals surface area contributed by atoms with Crippen molar-refractivity contribution in [1.82, 2.24) is 4.90 Å². The van der Waals surface area contributed by atoms with E-state index in [1.54, 1.807) is 0 Å². The van der Waals surface area contributed by atoms with E-state index in [1.807, 2.05) is 0 Å². The smallest absolute Gasteiger partial charge is 0.222 e. The summed E-state index contributed by atoms with van der Waals surface area (Å²) in [5, 5.41) is 0. The van der Waals surface area contributed by atoms with Crippen LogP contribution in [-0.2, 0) is 4.79 Å². The topological polar surface area (TPSA) is 20.3 Å². The van der Waals surface area contributed by atoms with Crippen molar-refractivity contribution in [2.45, 2.75) is 110 Å². The Morgan fingerprint density at radius 2 is 1.25 bits per heavy atom. The summed E-state index contributed by atoms with van der Waals surface area (Å²) >= 11 is 0. The van der Waals surface area contributed by atoms with E-state index in [-0.39, 0.29) is 0 Å². The lowest BCUT2D eigenvalue weighted by Crippen LogP contribution is -2.27. The number of likely N-dealkylation sites (tertiary alicyclic amines) is 1. The fraction of sp³-hybridized carbons (Fsp3) is 0.864. The van der Waals surface area contributed by atoms with Crippen molar-refractivity contribution in [3.63, 3.8) is 0 Å². The number of nitrogens with zero attached hydrogens (tertiary/aromatic N) is 1. The zero-order valence-corrected chi connectivity index (χ0v) is 16.2. The second-order valence-corrected chi connectivity index (χ2v) is 7.42. The first kappa shape index (κ1) is 21.3. The second kappa shape index (κ2) is 15.7. The van der Waals surface area contributed by atoms with Crippen LogP contribution in [0.1, 0.15) is 110 Å². The van der Waals surface area contributed by atoms with Gasteiger partial charge >= 0.3 is 0 Å². The standard InChI is InChI=1S/C22H41NO/c1-2-3-4-5-6-7-8-9-10-11-12-13-14-15-16-19-22(24)23-20-17-18-21-23/h5-6H,2-4,7-21H2,1H3/b6-5+. The fourth-order valence-electron chi connectivity index (χ4n) is 3.46. The van der Waals surface area contributed by atoms with E-state index in [0.29, 0.717) is 5.91 Å². The van der Waals surface area contributed by atoms with Gasteiger partial charge in [0.25, 0.3) is 0 Å². The average Bonchev–Trinajstić information content (AvgIpc) is 3.13. The highest BCUT2D eigenvalue weighted by atomic mass is 16.2. The van der Waals surface area contributed by atoms with Crippen LogP contribution < -0.4 is 0 Å². The molecular formula is C22H41NO. The van der Waals surface area contributed by atoms with Crippen LogP contribution >= 0.6 is 0 Å². The molecule has 0 aromatic carbocycles. The van der Waals surface area contributed by atoms with Gasteiger partial charge in [-0.05, 0) is 38.5 Å². The Morgan fingerprint density at radius 1 is 0.750 bits per heavy atom. The zero-order chi connectivity index (χ0) is 17.3. The number of rotatable bonds is 15. The van der Waals surface area contributed by atoms with Gasteiger partial charge < -0.3 is 4.90 Å². The van der Waals surface area contributed by atoms with Gasteiger partial charge in [-0.1, -0.05) is 76.9 Å². The molecule has 0 aliphatic carbocycles. The van der Waals surface area contributed by atoms with Gasteiger partial charge in [-0.2, -0.15) is 0 Å². The van der Waals surface area contributed by atoms with Crippen LogP contribution in [-0.4, -0.2) is 23.9 Å². The summed E-state index contributed by atoms with van der Waals surface area (Å²) in [4.78, 5) is 14.0. The van der Waals surface area contributed by atoms with Gasteiger partial charge in [0.2, 0.25) is 5.91 Å². The Morgan fingerprint density at radius 3 is 1.83 bits per heavy atom. The van der Waals surface area contributed by atoms with Gasteiger partial charge in [-0.3, -0.25) is 4.79 Å². The van der Waals surface area contributed by atoms with E-state index >= 15 is 0 Å². The molecular weight excluding hydrogens is 294 g/mol. The number of amides is 1. The molecule has 0 atom stereocenters. The van der Waals surface area contributed by atoms with Gasteiger partial charge in [0.1, 0.15) is 0 Å². The van der Waals surface area contributed by atoms with Gasteiger partial charge in [0, 0.05) is 19.5 Å². The minimum Gasteiger partial charge on any atom is -0.343 e. The third-order valence-corrected chi connectivity index (χ3v) is 5.11. The lowest BCUT2D eigenvalue weighted by atomic mass is 10.1. The molecule has 2 heteroatoms. The molecule has 140 valence electrons. The molecule has 24 heavy (non-hydrogen) atoms. The summed E-state index contributed by atoms with van der Waals surface area (Å²) in [6.45, 7) is 4.27. The number of carbonyl (C=O) groups excluding carboxylic acids is 1. The molecule has 0 spiro atoms. The van der Waals surface area contributed by atoms with Crippen molar-refractivity contribution >= 4 is 5.91 Å². The second-order valence-electron chi connectivity index (χ2n) is 7.42. The third-order valence-electron chi connectivity index (χ3n) is 5.11. The predicted molar refractivity (Wildman–Crippen MR) is 105 cm³/mol. The highest BCUT2D eigenvalue weighted by molar-refractivity contribution is 5.76. The molecule has 1 saturated heterocycles. The molecule has 0 N–H and O–H groups in total. The van der Waals surface area contributed by atoms with Crippen LogP contribution in [0.15, 0.2) is 12.2 Å². The summed E-state index contributed by atoms with van der Waals surface area (Å²) in [6, 6.07) is 0. The van der Waals surface area contributed by atoms with Gasteiger partial charge in [-0.25, -0.2) is 0 Å². The number of hydrogen-bond acceptors (Lipinski definition) is 1. The van der Waals surface area contributed by atoms with Crippen molar-refractivity contribution < 1.29 is 4.79 Å². The molecule has 2 nitrogen and oxygen atoms in total. The molecule has 0 radical (unpaired) electrons. The third kappa shape index (κ3) is 11.7. The van der Waals surface area contributed by atoms with E-state index in [0.717, 1.165) is 25.9 Å². The molecule has 1 aliphatic rings. The maximum atomic E-state index is 11.9. The van der Waals surface area contributed by atoms with Crippen molar-refractivity contribution in [3.05, 3.63) is 12.2 Å². The fourth-order valence-corrected chi connectivity index (χ4v) is 3.46. The van der Waals surface area contributed by atoms with Gasteiger partial charge in [0.15, 0.2) is 0 Å². The molecule has 1 fully saturated rings. The lowest BCUT2D eigenvalue weighted by molar-refractivity contribution is -0.130. The molecule has 1 rings (SSSR count). The first-order valence-electron chi connectivity index (χ1n) is 10.8. The Labute approximate surface area is 151 Å². The quantitative estimate of drug-likeness (QED) is 0.242. The number of unbranched alkanes of at least 4 members (excludes halogenated alkanes) is 11. The van der Waals surface area contributed by atoms with E-state index in [2.05, 4.69) is 24.0 Å². The average molecular weight is 336 g/mol. The van der Waals surface area contributed by atoms with Crippen LogP contribution in [0, 0.1) is 0 Å². The largest absolute Gasteiger partial charge is 0.343 e. The highest BCUT2D eigenvalue weighted by Gasteiger charge is 2.16. The Kier molecular flexibility index (Phi) is 13.9. The van der Waals surface area contributed by atoms with E-state index in [1.165, 1.54) is 89.9 Å². The Hall–Kier alpha value is -0.790. The van der Waals surface area contributed by atoms with Gasteiger partial charge in [0.05, 0.1) is 0 Å². The number of hydrogen-bond donors (Lipinski definition) is 0. The van der Waals surface area contributed by atoms with Crippen molar-refractivity contribution in [2.75, 3.05) is 13.1 Å². The van der Waals surface area contributed by atoms with Crippen LogP contribution in [0.2, 0.25) is 0 Å². The lowest BCUT2D eigenvalue weighted by Gasteiger charge is -2.14. The summed E-state index contributed by atoms with van der Waals surface area (Å²) in [5.41, 5.74) is 0. The van der Waals surface area contributed by atoms with Crippen molar-refractivity contribution in [3.8, 4) is 0 Å². The van der Waals surface area contributed by atoms with E-state index in [9.17, 15) is 4.79 Å². The maximum Gasteiger partial charge on any atom is 0.222 e. The Bertz CT molecular complexity index is 318. The molecule has 0 aromatic heterocycles.